The van der Waals surface area contributed by atoms with Crippen LogP contribution in [0.1, 0.15) is 81.8 Å². The summed E-state index contributed by atoms with van der Waals surface area (Å²) < 4.78 is 6.81. The number of nitrogens with one attached hydrogen (secondary N) is 1. The number of phenols is 1. The van der Waals surface area contributed by atoms with E-state index in [0.29, 0.717) is 11.8 Å². The van der Waals surface area contributed by atoms with Crippen LogP contribution in [-0.2, 0) is 16.6 Å². The lowest BCUT2D eigenvalue weighted by molar-refractivity contribution is -0.218. The first kappa shape index (κ1) is 22.0. The maximum Gasteiger partial charge on any atom is 0.244 e. The number of rotatable bonds is 4. The van der Waals surface area contributed by atoms with Gasteiger partial charge < -0.3 is 20.3 Å². The summed E-state index contributed by atoms with van der Waals surface area (Å²) in [5.74, 6) is 1.62. The van der Waals surface area contributed by atoms with Gasteiger partial charge in [0.25, 0.3) is 0 Å². The number of carbonyl (C=O) groups is 1. The molecule has 1 aromatic carbocycles. The molecule has 0 unspecified atom stereocenters. The van der Waals surface area contributed by atoms with Gasteiger partial charge in [0.1, 0.15) is 6.10 Å². The molecule has 2 spiro atoms. The zero-order valence-electron chi connectivity index (χ0n) is 21.1. The van der Waals surface area contributed by atoms with E-state index in [1.54, 1.807) is 6.07 Å². The molecular weight excluding hydrogens is 452 g/mol. The molecule has 1 amide bonds. The van der Waals surface area contributed by atoms with E-state index >= 15 is 0 Å². The van der Waals surface area contributed by atoms with Crippen molar-refractivity contribution >= 4 is 5.91 Å². The molecule has 2 bridgehead atoms. The number of carbonyl (C=O) groups excluding carboxylic acids is 1. The van der Waals surface area contributed by atoms with E-state index in [9.17, 15) is 15.0 Å². The lowest BCUT2D eigenvalue weighted by Crippen LogP contribution is -2.78. The van der Waals surface area contributed by atoms with Crippen LogP contribution in [0.3, 0.4) is 0 Å². The highest BCUT2D eigenvalue weighted by Crippen LogP contribution is 2.72. The van der Waals surface area contributed by atoms with E-state index < -0.39 is 11.0 Å². The third kappa shape index (κ3) is 2.68. The van der Waals surface area contributed by atoms with Crippen LogP contribution in [-0.4, -0.2) is 57.9 Å². The summed E-state index contributed by atoms with van der Waals surface area (Å²) >= 11 is 0. The van der Waals surface area contributed by atoms with Gasteiger partial charge in [-0.25, -0.2) is 0 Å². The van der Waals surface area contributed by atoms with Gasteiger partial charge >= 0.3 is 0 Å². The van der Waals surface area contributed by atoms with Crippen LogP contribution in [0.2, 0.25) is 0 Å². The molecule has 5 aliphatic carbocycles. The van der Waals surface area contributed by atoms with E-state index in [4.69, 9.17) is 4.74 Å². The molecule has 5 atom stereocenters. The average Bonchev–Trinajstić information content (AvgIpc) is 3.37. The summed E-state index contributed by atoms with van der Waals surface area (Å²) in [5.41, 5.74) is 1.89. The summed E-state index contributed by atoms with van der Waals surface area (Å²) in [7, 11) is 0. The van der Waals surface area contributed by atoms with Gasteiger partial charge in [-0.2, -0.15) is 0 Å². The van der Waals surface area contributed by atoms with Gasteiger partial charge in [0.15, 0.2) is 11.5 Å². The number of fused-ring (bicyclic) bond motifs is 1. The predicted octanol–water partition coefficient (Wildman–Crippen LogP) is 3.72. The second-order valence-electron chi connectivity index (χ2n) is 13.1. The lowest BCUT2D eigenvalue weighted by atomic mass is 9.40. The fourth-order valence-corrected chi connectivity index (χ4v) is 9.47. The Bertz CT molecular complexity index is 1170. The second kappa shape index (κ2) is 7.28. The van der Waals surface area contributed by atoms with Gasteiger partial charge in [-0.3, -0.25) is 9.69 Å². The summed E-state index contributed by atoms with van der Waals surface area (Å²) in [5, 5.41) is 26.9. The smallest absolute Gasteiger partial charge is 0.244 e. The highest BCUT2D eigenvalue weighted by Gasteiger charge is 2.77. The molecule has 1 saturated heterocycles. The van der Waals surface area contributed by atoms with Crippen molar-refractivity contribution < 1.29 is 19.7 Å². The van der Waals surface area contributed by atoms with Crippen molar-refractivity contribution in [2.75, 3.05) is 13.1 Å². The van der Waals surface area contributed by atoms with Crippen molar-refractivity contribution in [2.45, 2.75) is 106 Å². The van der Waals surface area contributed by atoms with Gasteiger partial charge in [-0.15, -0.1) is 0 Å². The normalized spacial score (nSPS) is 41.8. The van der Waals surface area contributed by atoms with E-state index in [-0.39, 0.29) is 29.2 Å². The van der Waals surface area contributed by atoms with Crippen LogP contribution in [0.25, 0.3) is 0 Å². The maximum atomic E-state index is 13.0. The van der Waals surface area contributed by atoms with Crippen LogP contribution in [0.15, 0.2) is 23.8 Å². The summed E-state index contributed by atoms with van der Waals surface area (Å²) in [6.07, 6.45) is 14.0. The average molecular weight is 491 g/mol. The Labute approximate surface area is 213 Å². The number of aliphatic hydroxyl groups is 1. The predicted molar refractivity (Wildman–Crippen MR) is 135 cm³/mol. The van der Waals surface area contributed by atoms with Gasteiger partial charge in [0, 0.05) is 35.7 Å². The van der Waals surface area contributed by atoms with Gasteiger partial charge in [0.2, 0.25) is 5.91 Å². The standard InChI is InChI=1S/C30H38N2O4/c33-22-8-7-19-15-23-30(35)12-11-28(10-9-20(28)16-24(34)31-21-3-1-2-4-21)27-29(30,25(19)26(22)36-27)13-14-32(23)17-18-5-6-18/h7-8,16,18,21,23,27,33,35H,1-6,9-15,17H2,(H,31,34)/b20-16+/t23-,27+,28+,29+,30-/m1/s1. The van der Waals surface area contributed by atoms with E-state index in [1.165, 1.54) is 36.8 Å². The van der Waals surface area contributed by atoms with Crippen molar-refractivity contribution in [1.29, 1.82) is 0 Å². The molecule has 5 fully saturated rings. The first-order valence-corrected chi connectivity index (χ1v) is 14.4. The van der Waals surface area contributed by atoms with E-state index in [2.05, 4.69) is 16.3 Å². The van der Waals surface area contributed by atoms with E-state index in [0.717, 1.165) is 75.9 Å². The van der Waals surface area contributed by atoms with Crippen molar-refractivity contribution in [3.63, 3.8) is 0 Å². The third-order valence-corrected chi connectivity index (χ3v) is 11.5. The number of likely N-dealkylation sites (tertiary alicyclic amines) is 1. The van der Waals surface area contributed by atoms with Crippen molar-refractivity contribution in [2.24, 2.45) is 11.3 Å². The topological polar surface area (TPSA) is 82.0 Å². The van der Waals surface area contributed by atoms with Gasteiger partial charge in [-0.1, -0.05) is 24.5 Å². The molecule has 1 aromatic rings. The van der Waals surface area contributed by atoms with Crippen LogP contribution in [0.5, 0.6) is 11.5 Å². The number of hydrogen-bond acceptors (Lipinski definition) is 5. The molecule has 6 nitrogen and oxygen atoms in total. The van der Waals surface area contributed by atoms with Gasteiger partial charge in [0.05, 0.1) is 11.0 Å². The minimum Gasteiger partial charge on any atom is -0.504 e. The number of piperidine rings is 1. The monoisotopic (exact) mass is 490 g/mol. The Kier molecular flexibility index (Phi) is 4.45. The molecule has 36 heavy (non-hydrogen) atoms. The minimum atomic E-state index is -0.866. The highest BCUT2D eigenvalue weighted by atomic mass is 16.5. The largest absolute Gasteiger partial charge is 0.504 e. The molecule has 192 valence electrons. The Balaban J connectivity index is 1.21. The van der Waals surface area contributed by atoms with Crippen molar-refractivity contribution in [1.82, 2.24) is 10.2 Å². The number of nitrogens with zero attached hydrogens (tertiary/aromatic N) is 1. The minimum absolute atomic E-state index is 0.0362. The molecule has 6 heteroatoms. The first-order valence-electron chi connectivity index (χ1n) is 14.4. The number of benzene rings is 1. The molecule has 2 heterocycles. The molecule has 2 aliphatic heterocycles. The van der Waals surface area contributed by atoms with Gasteiger partial charge in [-0.05, 0) is 88.3 Å². The zero-order chi connectivity index (χ0) is 24.3. The fraction of sp³-hybridized carbons (Fsp3) is 0.700. The maximum absolute atomic E-state index is 13.0. The number of ether oxygens (including phenoxy) is 1. The molecular formula is C30H38N2O4. The van der Waals surface area contributed by atoms with Crippen molar-refractivity contribution in [3.8, 4) is 11.5 Å². The summed E-state index contributed by atoms with van der Waals surface area (Å²) in [6, 6.07) is 4.26. The first-order chi connectivity index (χ1) is 17.4. The Morgan fingerprint density at radius 2 is 1.97 bits per heavy atom. The van der Waals surface area contributed by atoms with Crippen LogP contribution >= 0.6 is 0 Å². The molecule has 8 rings (SSSR count). The van der Waals surface area contributed by atoms with Crippen LogP contribution < -0.4 is 10.1 Å². The Morgan fingerprint density at radius 3 is 2.72 bits per heavy atom. The number of amides is 1. The van der Waals surface area contributed by atoms with Crippen LogP contribution in [0.4, 0.5) is 0 Å². The third-order valence-electron chi connectivity index (χ3n) is 11.5. The Hall–Kier alpha value is -2.05. The second-order valence-corrected chi connectivity index (χ2v) is 13.1. The van der Waals surface area contributed by atoms with Crippen LogP contribution in [0, 0.1) is 11.3 Å². The van der Waals surface area contributed by atoms with E-state index in [1.807, 2.05) is 6.08 Å². The molecule has 0 radical (unpaired) electrons. The quantitative estimate of drug-likeness (QED) is 0.561. The summed E-state index contributed by atoms with van der Waals surface area (Å²) in [6.45, 7) is 2.06. The molecule has 0 aromatic heterocycles. The number of hydrogen-bond donors (Lipinski definition) is 3. The molecule has 4 saturated carbocycles. The Morgan fingerprint density at radius 1 is 1.14 bits per heavy atom. The van der Waals surface area contributed by atoms with Crippen molar-refractivity contribution in [3.05, 3.63) is 34.9 Å². The lowest BCUT2D eigenvalue weighted by Gasteiger charge is -2.68. The zero-order valence-corrected chi connectivity index (χ0v) is 21.1. The fourth-order valence-electron chi connectivity index (χ4n) is 9.47. The molecule has 7 aliphatic rings. The number of aromatic hydroxyl groups is 1. The SMILES string of the molecule is O=C(/C=C1\CC[C@]12CC[C@@]1(O)[C@H]3Cc4ccc(O)c5c4[C@@]1(CCN3CC1CC1)[C@H]2O5)NC1CCCC1. The number of phenolic OH excluding ortho intramolecular Hbond substituents is 1. The summed E-state index contributed by atoms with van der Waals surface area (Å²) in [4.78, 5) is 15.6. The molecule has 3 N–H and O–H groups in total. The highest BCUT2D eigenvalue weighted by molar-refractivity contribution is 5.89.